The van der Waals surface area contributed by atoms with Crippen LogP contribution >= 0.6 is 11.3 Å². The van der Waals surface area contributed by atoms with Crippen LogP contribution in [0.3, 0.4) is 0 Å². The zero-order valence-electron chi connectivity index (χ0n) is 24.7. The predicted molar refractivity (Wildman–Crippen MR) is 166 cm³/mol. The van der Waals surface area contributed by atoms with Crippen molar-refractivity contribution in [2.75, 3.05) is 18.1 Å². The van der Waals surface area contributed by atoms with E-state index in [1.54, 1.807) is 0 Å². The average molecular weight is 600 g/mol. The van der Waals surface area contributed by atoms with Gasteiger partial charge in [-0.25, -0.2) is 4.98 Å². The zero-order valence-corrected chi connectivity index (χ0v) is 26.4. The average Bonchev–Trinajstić information content (AvgIpc) is 3.56. The molecule has 0 bridgehead atoms. The highest BCUT2D eigenvalue weighted by Crippen LogP contribution is 2.49. The molecule has 0 unspecified atom stereocenters. The predicted octanol–water partition coefficient (Wildman–Crippen LogP) is 5.52. The number of aliphatic hydroxyl groups excluding tert-OH is 1. The van der Waals surface area contributed by atoms with Gasteiger partial charge in [0.1, 0.15) is 0 Å². The highest BCUT2D eigenvalue weighted by Gasteiger charge is 2.40. The van der Waals surface area contributed by atoms with Crippen molar-refractivity contribution in [2.24, 2.45) is 5.92 Å². The third-order valence-electron chi connectivity index (χ3n) is 9.16. The lowest BCUT2D eigenvalue weighted by Gasteiger charge is -2.26. The largest absolute Gasteiger partial charge is 0.396 e. The van der Waals surface area contributed by atoms with E-state index in [9.17, 15) is 18.9 Å². The molecule has 5 rings (SSSR count). The molecule has 2 saturated carbocycles. The van der Waals surface area contributed by atoms with Crippen LogP contribution in [0.2, 0.25) is 0 Å². The number of hydrogen-bond acceptors (Lipinski definition) is 6. The van der Waals surface area contributed by atoms with E-state index >= 15 is 0 Å². The van der Waals surface area contributed by atoms with E-state index in [1.165, 1.54) is 43.4 Å². The minimum Gasteiger partial charge on any atom is -0.396 e. The summed E-state index contributed by atoms with van der Waals surface area (Å²) >= 11 is 1.43. The van der Waals surface area contributed by atoms with Gasteiger partial charge in [0, 0.05) is 46.1 Å². The first-order valence-electron chi connectivity index (χ1n) is 15.3. The molecular formula is C32H45N3O4S2. The minimum atomic E-state index is -0.777. The Morgan fingerprint density at radius 3 is 2.44 bits per heavy atom. The first-order chi connectivity index (χ1) is 19.5. The summed E-state index contributed by atoms with van der Waals surface area (Å²) in [6.07, 6.45) is 11.1. The Balaban J connectivity index is 1.49. The normalized spacial score (nSPS) is 22.7. The first kappa shape index (κ1) is 30.4. The third kappa shape index (κ3) is 7.65. The number of thiazole rings is 1. The molecule has 1 saturated heterocycles. The van der Waals surface area contributed by atoms with Gasteiger partial charge in [-0.15, -0.1) is 11.3 Å². The maximum atomic E-state index is 13.5. The van der Waals surface area contributed by atoms with Crippen molar-refractivity contribution in [1.82, 2.24) is 15.6 Å². The number of nitrogens with zero attached hydrogens (tertiary/aromatic N) is 1. The molecule has 3 fully saturated rings. The molecule has 7 nitrogen and oxygen atoms in total. The number of rotatable bonds is 10. The SMILES string of the molecule is CC(C)(CCO)NC(=O)c1cc(-c2sc(C(=O)NC3CCS(=O)CC3)nc2CC2CCCCC2)cc(C2(C)CC2)c1. The van der Waals surface area contributed by atoms with Gasteiger partial charge in [0.15, 0.2) is 5.01 Å². The van der Waals surface area contributed by atoms with Gasteiger partial charge in [0.25, 0.3) is 11.8 Å². The van der Waals surface area contributed by atoms with E-state index in [4.69, 9.17) is 4.98 Å². The monoisotopic (exact) mass is 599 g/mol. The summed E-state index contributed by atoms with van der Waals surface area (Å²) in [5.41, 5.74) is 3.20. The van der Waals surface area contributed by atoms with Crippen molar-refractivity contribution in [2.45, 2.75) is 108 Å². The summed E-state index contributed by atoms with van der Waals surface area (Å²) in [6.45, 7) is 6.10. The molecule has 1 aliphatic heterocycles. The van der Waals surface area contributed by atoms with Crippen LogP contribution < -0.4 is 10.6 Å². The molecule has 0 spiro atoms. The van der Waals surface area contributed by atoms with Crippen LogP contribution in [0.4, 0.5) is 0 Å². The van der Waals surface area contributed by atoms with E-state index in [2.05, 4.69) is 23.6 Å². The Bertz CT molecular complexity index is 1280. The zero-order chi connectivity index (χ0) is 29.2. The lowest BCUT2D eigenvalue weighted by Crippen LogP contribution is -2.44. The third-order valence-corrected chi connectivity index (χ3v) is 11.7. The van der Waals surface area contributed by atoms with Gasteiger partial charge in [-0.2, -0.15) is 0 Å². The Hall–Kier alpha value is -2.10. The minimum absolute atomic E-state index is 0.00554. The van der Waals surface area contributed by atoms with Gasteiger partial charge in [0.2, 0.25) is 0 Å². The van der Waals surface area contributed by atoms with Crippen LogP contribution in [0, 0.1) is 5.92 Å². The van der Waals surface area contributed by atoms with Crippen LogP contribution in [0.15, 0.2) is 18.2 Å². The maximum absolute atomic E-state index is 13.5. The number of nitrogens with one attached hydrogen (secondary N) is 2. The molecule has 0 radical (unpaired) electrons. The van der Waals surface area contributed by atoms with Crippen molar-refractivity contribution < 1.29 is 18.9 Å². The number of carbonyl (C=O) groups is 2. The van der Waals surface area contributed by atoms with E-state index in [-0.39, 0.29) is 29.9 Å². The fourth-order valence-electron chi connectivity index (χ4n) is 6.10. The number of carbonyl (C=O) groups excluding carboxylic acids is 2. The van der Waals surface area contributed by atoms with Crippen LogP contribution in [0.5, 0.6) is 0 Å². The van der Waals surface area contributed by atoms with Crippen LogP contribution in [0.1, 0.15) is 116 Å². The number of amides is 2. The second kappa shape index (κ2) is 12.6. The van der Waals surface area contributed by atoms with Crippen molar-refractivity contribution in [3.05, 3.63) is 40.0 Å². The number of benzene rings is 1. The summed E-state index contributed by atoms with van der Waals surface area (Å²) in [5, 5.41) is 16.2. The molecule has 9 heteroatoms. The fraction of sp³-hybridized carbons (Fsp3) is 0.656. The van der Waals surface area contributed by atoms with Gasteiger partial charge >= 0.3 is 0 Å². The molecule has 1 aromatic carbocycles. The smallest absolute Gasteiger partial charge is 0.280 e. The Kier molecular flexibility index (Phi) is 9.36. The van der Waals surface area contributed by atoms with Gasteiger partial charge in [-0.1, -0.05) is 39.0 Å². The topological polar surface area (TPSA) is 108 Å². The molecule has 3 N–H and O–H groups in total. The molecule has 2 aromatic rings. The van der Waals surface area contributed by atoms with E-state index < -0.39 is 16.3 Å². The van der Waals surface area contributed by atoms with Gasteiger partial charge in [0.05, 0.1) is 10.6 Å². The first-order valence-corrected chi connectivity index (χ1v) is 17.6. The summed E-state index contributed by atoms with van der Waals surface area (Å²) in [4.78, 5) is 32.8. The van der Waals surface area contributed by atoms with Crippen LogP contribution in [0.25, 0.3) is 10.4 Å². The van der Waals surface area contributed by atoms with Crippen molar-refractivity contribution in [1.29, 1.82) is 0 Å². The molecule has 41 heavy (non-hydrogen) atoms. The maximum Gasteiger partial charge on any atom is 0.280 e. The van der Waals surface area contributed by atoms with Gasteiger partial charge in [-0.3, -0.25) is 13.8 Å². The van der Waals surface area contributed by atoms with E-state index in [0.29, 0.717) is 34.4 Å². The summed E-state index contributed by atoms with van der Waals surface area (Å²) in [6, 6.07) is 6.21. The van der Waals surface area contributed by atoms with Crippen LogP contribution in [-0.2, 0) is 22.6 Å². The molecule has 0 atom stereocenters. The quantitative estimate of drug-likeness (QED) is 0.334. The number of aromatic nitrogens is 1. The molecule has 2 aliphatic carbocycles. The highest BCUT2D eigenvalue weighted by atomic mass is 32.2. The summed E-state index contributed by atoms with van der Waals surface area (Å²) in [7, 11) is -0.777. The Morgan fingerprint density at radius 1 is 1.07 bits per heavy atom. The molecule has 224 valence electrons. The molecular weight excluding hydrogens is 555 g/mol. The summed E-state index contributed by atoms with van der Waals surface area (Å²) in [5.74, 6) is 1.51. The molecule has 1 aromatic heterocycles. The standard InChI is InChI=1S/C32H45N3O4S2/c1-31(2,13-14-36)35-28(37)23-18-22(19-24(20-23)32(3)11-12-32)27-26(17-21-7-5-4-6-8-21)34-30(40-27)29(38)33-25-9-15-41(39)16-10-25/h18-21,25,36H,4-17H2,1-3H3,(H,33,38)(H,35,37). The van der Waals surface area contributed by atoms with Crippen molar-refractivity contribution in [3.8, 4) is 10.4 Å². The summed E-state index contributed by atoms with van der Waals surface area (Å²) < 4.78 is 11.8. The van der Waals surface area contributed by atoms with Crippen molar-refractivity contribution in [3.63, 3.8) is 0 Å². The van der Waals surface area contributed by atoms with Gasteiger partial charge in [-0.05, 0) is 93.0 Å². The molecule has 3 aliphatic rings. The second-order valence-corrected chi connectivity index (χ2v) is 16.0. The van der Waals surface area contributed by atoms with Crippen LogP contribution in [-0.4, -0.2) is 55.8 Å². The lowest BCUT2D eigenvalue weighted by molar-refractivity contribution is 0.0897. The Morgan fingerprint density at radius 2 is 1.78 bits per heavy atom. The van der Waals surface area contributed by atoms with E-state index in [1.807, 2.05) is 26.0 Å². The van der Waals surface area contributed by atoms with E-state index in [0.717, 1.165) is 53.8 Å². The fourth-order valence-corrected chi connectivity index (χ4v) is 8.38. The molecule has 2 amide bonds. The number of aliphatic hydroxyl groups is 1. The number of hydrogen-bond donors (Lipinski definition) is 3. The Labute approximate surface area is 250 Å². The molecule has 2 heterocycles. The second-order valence-electron chi connectivity index (χ2n) is 13.3. The van der Waals surface area contributed by atoms with Crippen molar-refractivity contribution >= 4 is 34.0 Å². The highest BCUT2D eigenvalue weighted by molar-refractivity contribution is 7.85. The lowest BCUT2D eigenvalue weighted by atomic mass is 9.85. The van der Waals surface area contributed by atoms with Gasteiger partial charge < -0.3 is 15.7 Å².